The molecule has 1 aromatic heterocycles. The molecular weight excluding hydrogens is 248 g/mol. The van der Waals surface area contributed by atoms with Gasteiger partial charge in [-0.2, -0.15) is 0 Å². The van der Waals surface area contributed by atoms with Gasteiger partial charge >= 0.3 is 0 Å². The summed E-state index contributed by atoms with van der Waals surface area (Å²) in [4.78, 5) is 0. The molecule has 0 atom stereocenters. The topological polar surface area (TPSA) is 37.9 Å². The zero-order chi connectivity index (χ0) is 13.8. The van der Waals surface area contributed by atoms with E-state index >= 15 is 0 Å². The third-order valence-corrected chi connectivity index (χ3v) is 3.14. The summed E-state index contributed by atoms with van der Waals surface area (Å²) >= 11 is 0. The molecule has 0 saturated carbocycles. The van der Waals surface area contributed by atoms with Crippen molar-refractivity contribution in [3.8, 4) is 28.3 Å². The standard InChI is InChI=1S/C17H16N2O/c1-2-20-17-15(13-9-5-3-6-10-13)16(18-19-17)14-11-7-4-8-12-14/h3-12H,2H2,1H3,(H,18,19). The molecule has 100 valence electrons. The van der Waals surface area contributed by atoms with E-state index in [0.717, 1.165) is 22.4 Å². The van der Waals surface area contributed by atoms with E-state index in [1.165, 1.54) is 0 Å². The van der Waals surface area contributed by atoms with Crippen molar-refractivity contribution in [1.29, 1.82) is 0 Å². The van der Waals surface area contributed by atoms with Gasteiger partial charge in [-0.25, -0.2) is 0 Å². The van der Waals surface area contributed by atoms with Crippen LogP contribution in [0.2, 0.25) is 0 Å². The minimum absolute atomic E-state index is 0.596. The maximum Gasteiger partial charge on any atom is 0.241 e. The van der Waals surface area contributed by atoms with E-state index in [1.54, 1.807) is 0 Å². The number of aromatic amines is 1. The highest BCUT2D eigenvalue weighted by atomic mass is 16.5. The number of ether oxygens (including phenoxy) is 1. The number of hydrogen-bond acceptors (Lipinski definition) is 2. The number of benzene rings is 2. The second-order valence-electron chi connectivity index (χ2n) is 4.44. The Labute approximate surface area is 118 Å². The zero-order valence-corrected chi connectivity index (χ0v) is 11.3. The average Bonchev–Trinajstić information content (AvgIpc) is 2.93. The predicted molar refractivity (Wildman–Crippen MR) is 80.6 cm³/mol. The van der Waals surface area contributed by atoms with Crippen LogP contribution in [0.5, 0.6) is 5.88 Å². The Morgan fingerprint density at radius 2 is 1.50 bits per heavy atom. The highest BCUT2D eigenvalue weighted by Crippen LogP contribution is 2.37. The summed E-state index contributed by atoms with van der Waals surface area (Å²) in [6.45, 7) is 2.56. The molecule has 0 aliphatic heterocycles. The quantitative estimate of drug-likeness (QED) is 0.769. The summed E-state index contributed by atoms with van der Waals surface area (Å²) < 4.78 is 5.65. The van der Waals surface area contributed by atoms with Gasteiger partial charge in [0.05, 0.1) is 17.9 Å². The first-order chi connectivity index (χ1) is 9.90. The molecule has 0 bridgehead atoms. The van der Waals surface area contributed by atoms with Gasteiger partial charge in [-0.05, 0) is 12.5 Å². The second-order valence-corrected chi connectivity index (χ2v) is 4.44. The van der Waals surface area contributed by atoms with Crippen molar-refractivity contribution < 1.29 is 4.74 Å². The van der Waals surface area contributed by atoms with Crippen molar-refractivity contribution in [3.05, 3.63) is 60.7 Å². The van der Waals surface area contributed by atoms with Crippen LogP contribution in [-0.2, 0) is 0 Å². The number of rotatable bonds is 4. The molecule has 1 heterocycles. The molecule has 0 saturated heterocycles. The van der Waals surface area contributed by atoms with Crippen LogP contribution in [0.4, 0.5) is 0 Å². The van der Waals surface area contributed by atoms with Crippen molar-refractivity contribution in [2.24, 2.45) is 0 Å². The minimum Gasteiger partial charge on any atom is -0.476 e. The average molecular weight is 264 g/mol. The molecule has 1 N–H and O–H groups in total. The Bertz CT molecular complexity index is 675. The van der Waals surface area contributed by atoms with E-state index in [9.17, 15) is 0 Å². The van der Waals surface area contributed by atoms with Crippen molar-refractivity contribution >= 4 is 0 Å². The van der Waals surface area contributed by atoms with Gasteiger partial charge in [-0.15, -0.1) is 5.10 Å². The molecule has 20 heavy (non-hydrogen) atoms. The lowest BCUT2D eigenvalue weighted by Gasteiger charge is -2.06. The lowest BCUT2D eigenvalue weighted by Crippen LogP contribution is -1.93. The minimum atomic E-state index is 0.596. The van der Waals surface area contributed by atoms with Crippen LogP contribution < -0.4 is 4.74 Å². The molecule has 0 aliphatic rings. The van der Waals surface area contributed by atoms with Crippen molar-refractivity contribution in [2.75, 3.05) is 6.61 Å². The molecule has 3 nitrogen and oxygen atoms in total. The second kappa shape index (κ2) is 5.61. The van der Waals surface area contributed by atoms with Crippen LogP contribution in [0.3, 0.4) is 0 Å². The summed E-state index contributed by atoms with van der Waals surface area (Å²) in [5.74, 6) is 0.651. The molecule has 0 amide bonds. The van der Waals surface area contributed by atoms with Gasteiger partial charge in [0.1, 0.15) is 0 Å². The molecule has 2 aromatic carbocycles. The van der Waals surface area contributed by atoms with E-state index in [0.29, 0.717) is 12.5 Å². The fraction of sp³-hybridized carbons (Fsp3) is 0.118. The summed E-state index contributed by atoms with van der Waals surface area (Å²) in [5, 5.41) is 7.41. The van der Waals surface area contributed by atoms with Gasteiger partial charge in [0, 0.05) is 5.56 Å². The lowest BCUT2D eigenvalue weighted by molar-refractivity contribution is 0.327. The monoisotopic (exact) mass is 264 g/mol. The summed E-state index contributed by atoms with van der Waals surface area (Å²) in [6, 6.07) is 20.4. The molecule has 3 heteroatoms. The van der Waals surface area contributed by atoms with E-state index in [1.807, 2.05) is 43.3 Å². The zero-order valence-electron chi connectivity index (χ0n) is 11.3. The van der Waals surface area contributed by atoms with E-state index in [2.05, 4.69) is 34.5 Å². The molecule has 3 rings (SSSR count). The summed E-state index contributed by atoms with van der Waals surface area (Å²) in [7, 11) is 0. The SMILES string of the molecule is CCOc1n[nH]c(-c2ccccc2)c1-c1ccccc1. The Morgan fingerprint density at radius 1 is 0.900 bits per heavy atom. The fourth-order valence-electron chi connectivity index (χ4n) is 2.25. The van der Waals surface area contributed by atoms with Crippen LogP contribution in [-0.4, -0.2) is 16.8 Å². The van der Waals surface area contributed by atoms with Gasteiger partial charge in [0.2, 0.25) is 5.88 Å². The summed E-state index contributed by atoms with van der Waals surface area (Å²) in [5.41, 5.74) is 4.20. The Balaban J connectivity index is 2.17. The first-order valence-electron chi connectivity index (χ1n) is 6.72. The van der Waals surface area contributed by atoms with E-state index < -0.39 is 0 Å². The number of aromatic nitrogens is 2. The largest absolute Gasteiger partial charge is 0.476 e. The third-order valence-electron chi connectivity index (χ3n) is 3.14. The van der Waals surface area contributed by atoms with Gasteiger partial charge in [-0.1, -0.05) is 60.7 Å². The molecule has 0 radical (unpaired) electrons. The van der Waals surface area contributed by atoms with Crippen LogP contribution in [0.15, 0.2) is 60.7 Å². The molecule has 0 aliphatic carbocycles. The third kappa shape index (κ3) is 2.30. The highest BCUT2D eigenvalue weighted by Gasteiger charge is 2.17. The number of nitrogens with one attached hydrogen (secondary N) is 1. The number of nitrogens with zero attached hydrogens (tertiary/aromatic N) is 1. The van der Waals surface area contributed by atoms with Gasteiger partial charge in [-0.3, -0.25) is 5.10 Å². The predicted octanol–water partition coefficient (Wildman–Crippen LogP) is 4.14. The Kier molecular flexibility index (Phi) is 3.50. The van der Waals surface area contributed by atoms with Crippen LogP contribution in [0.1, 0.15) is 6.92 Å². The van der Waals surface area contributed by atoms with Crippen molar-refractivity contribution in [2.45, 2.75) is 6.92 Å². The maximum absolute atomic E-state index is 5.65. The lowest BCUT2D eigenvalue weighted by atomic mass is 10.0. The van der Waals surface area contributed by atoms with Crippen LogP contribution in [0.25, 0.3) is 22.4 Å². The van der Waals surface area contributed by atoms with E-state index in [4.69, 9.17) is 4.74 Å². The summed E-state index contributed by atoms with van der Waals surface area (Å²) in [6.07, 6.45) is 0. The Hall–Kier alpha value is -2.55. The van der Waals surface area contributed by atoms with Gasteiger partial charge < -0.3 is 4.74 Å². The molecular formula is C17H16N2O. The Morgan fingerprint density at radius 3 is 2.10 bits per heavy atom. The fourth-order valence-corrected chi connectivity index (χ4v) is 2.25. The van der Waals surface area contributed by atoms with E-state index in [-0.39, 0.29) is 0 Å². The smallest absolute Gasteiger partial charge is 0.241 e. The van der Waals surface area contributed by atoms with Crippen molar-refractivity contribution in [1.82, 2.24) is 10.2 Å². The normalized spacial score (nSPS) is 10.4. The number of hydrogen-bond donors (Lipinski definition) is 1. The number of H-pyrrole nitrogens is 1. The molecule has 0 fully saturated rings. The first kappa shape index (κ1) is 12.5. The van der Waals surface area contributed by atoms with Gasteiger partial charge in [0.25, 0.3) is 0 Å². The maximum atomic E-state index is 5.65. The van der Waals surface area contributed by atoms with Crippen LogP contribution in [0, 0.1) is 0 Å². The highest BCUT2D eigenvalue weighted by molar-refractivity contribution is 5.84. The first-order valence-corrected chi connectivity index (χ1v) is 6.72. The molecule has 0 spiro atoms. The van der Waals surface area contributed by atoms with Crippen molar-refractivity contribution in [3.63, 3.8) is 0 Å². The van der Waals surface area contributed by atoms with Gasteiger partial charge in [0.15, 0.2) is 0 Å². The molecule has 0 unspecified atom stereocenters. The van der Waals surface area contributed by atoms with Crippen LogP contribution >= 0.6 is 0 Å². The molecule has 3 aromatic rings.